The van der Waals surface area contributed by atoms with Gasteiger partial charge in [-0.2, -0.15) is 0 Å². The SMILES string of the molecule is CCCOCn1ccc2c1ncc1nnc(C3CC(O)CC3CC)n12. The molecule has 0 aliphatic heterocycles. The average molecular weight is 343 g/mol. The molecule has 1 aliphatic carbocycles. The predicted molar refractivity (Wildman–Crippen MR) is 94.3 cm³/mol. The van der Waals surface area contributed by atoms with Crippen LogP contribution in [0.25, 0.3) is 16.8 Å². The van der Waals surface area contributed by atoms with Crippen molar-refractivity contribution in [3.63, 3.8) is 0 Å². The summed E-state index contributed by atoms with van der Waals surface area (Å²) in [6, 6.07) is 2.05. The molecule has 1 fully saturated rings. The lowest BCUT2D eigenvalue weighted by atomic mass is 9.93. The van der Waals surface area contributed by atoms with Gasteiger partial charge in [-0.15, -0.1) is 10.2 Å². The van der Waals surface area contributed by atoms with E-state index in [2.05, 4.69) is 33.4 Å². The molecule has 3 aromatic rings. The molecule has 7 heteroatoms. The molecule has 1 aliphatic rings. The fourth-order valence-corrected chi connectivity index (χ4v) is 4.04. The van der Waals surface area contributed by atoms with Crippen molar-refractivity contribution >= 4 is 16.8 Å². The van der Waals surface area contributed by atoms with Crippen LogP contribution in [-0.2, 0) is 11.5 Å². The summed E-state index contributed by atoms with van der Waals surface area (Å²) in [7, 11) is 0. The topological polar surface area (TPSA) is 77.5 Å². The molecule has 0 aromatic carbocycles. The summed E-state index contributed by atoms with van der Waals surface area (Å²) in [6.45, 7) is 5.50. The molecule has 0 saturated heterocycles. The summed E-state index contributed by atoms with van der Waals surface area (Å²) in [6.07, 6.45) is 7.15. The van der Waals surface area contributed by atoms with Crippen molar-refractivity contribution < 1.29 is 9.84 Å². The highest BCUT2D eigenvalue weighted by Crippen LogP contribution is 2.41. The highest BCUT2D eigenvalue weighted by Gasteiger charge is 2.36. The van der Waals surface area contributed by atoms with E-state index in [1.54, 1.807) is 6.20 Å². The summed E-state index contributed by atoms with van der Waals surface area (Å²) >= 11 is 0. The number of aliphatic hydroxyl groups excluding tert-OH is 1. The first-order chi connectivity index (χ1) is 12.2. The van der Waals surface area contributed by atoms with Gasteiger partial charge in [0.15, 0.2) is 11.3 Å². The highest BCUT2D eigenvalue weighted by molar-refractivity contribution is 5.75. The van der Waals surface area contributed by atoms with Crippen molar-refractivity contribution in [1.82, 2.24) is 24.1 Å². The van der Waals surface area contributed by atoms with Crippen LogP contribution in [0, 0.1) is 5.92 Å². The van der Waals surface area contributed by atoms with Crippen LogP contribution >= 0.6 is 0 Å². The van der Waals surface area contributed by atoms with Crippen molar-refractivity contribution in [2.24, 2.45) is 5.92 Å². The number of aliphatic hydroxyl groups is 1. The molecule has 0 amide bonds. The van der Waals surface area contributed by atoms with E-state index in [0.717, 1.165) is 54.9 Å². The van der Waals surface area contributed by atoms with Gasteiger partial charge in [-0.3, -0.25) is 4.40 Å². The van der Waals surface area contributed by atoms with E-state index in [1.807, 2.05) is 16.8 Å². The smallest absolute Gasteiger partial charge is 0.179 e. The molecule has 3 heterocycles. The molecule has 0 bridgehead atoms. The Balaban J connectivity index is 1.77. The fourth-order valence-electron chi connectivity index (χ4n) is 4.04. The molecule has 0 spiro atoms. The van der Waals surface area contributed by atoms with Crippen LogP contribution in [0.4, 0.5) is 0 Å². The van der Waals surface area contributed by atoms with E-state index in [1.165, 1.54) is 0 Å². The van der Waals surface area contributed by atoms with Gasteiger partial charge in [-0.25, -0.2) is 4.98 Å². The molecule has 1 N–H and O–H groups in total. The van der Waals surface area contributed by atoms with Crippen LogP contribution in [0.15, 0.2) is 18.5 Å². The number of hydrogen-bond donors (Lipinski definition) is 1. The third-order valence-corrected chi connectivity index (χ3v) is 5.27. The molecular weight excluding hydrogens is 318 g/mol. The van der Waals surface area contributed by atoms with E-state index in [-0.39, 0.29) is 12.0 Å². The monoisotopic (exact) mass is 343 g/mol. The number of nitrogens with zero attached hydrogens (tertiary/aromatic N) is 5. The molecule has 3 atom stereocenters. The minimum Gasteiger partial charge on any atom is -0.393 e. The lowest BCUT2D eigenvalue weighted by molar-refractivity contribution is 0.0800. The Morgan fingerprint density at radius 2 is 2.16 bits per heavy atom. The van der Waals surface area contributed by atoms with Crippen LogP contribution in [-0.4, -0.2) is 42.0 Å². The lowest BCUT2D eigenvalue weighted by Crippen LogP contribution is -2.10. The average Bonchev–Trinajstić information content (AvgIpc) is 3.30. The largest absolute Gasteiger partial charge is 0.393 e. The minimum absolute atomic E-state index is 0.236. The van der Waals surface area contributed by atoms with Crippen molar-refractivity contribution in [3.05, 3.63) is 24.3 Å². The number of hydrogen-bond acceptors (Lipinski definition) is 5. The van der Waals surface area contributed by atoms with E-state index in [4.69, 9.17) is 4.74 Å². The van der Waals surface area contributed by atoms with E-state index >= 15 is 0 Å². The van der Waals surface area contributed by atoms with Gasteiger partial charge >= 0.3 is 0 Å². The van der Waals surface area contributed by atoms with Gasteiger partial charge in [0.05, 0.1) is 17.8 Å². The zero-order chi connectivity index (χ0) is 17.4. The molecule has 134 valence electrons. The van der Waals surface area contributed by atoms with Crippen molar-refractivity contribution in [3.8, 4) is 0 Å². The number of fused-ring (bicyclic) bond motifs is 3. The summed E-state index contributed by atoms with van der Waals surface area (Å²) < 4.78 is 9.77. The van der Waals surface area contributed by atoms with Gasteiger partial charge in [-0.05, 0) is 31.2 Å². The maximum Gasteiger partial charge on any atom is 0.179 e. The third-order valence-electron chi connectivity index (χ3n) is 5.27. The second-order valence-electron chi connectivity index (χ2n) is 6.94. The normalized spacial score (nSPS) is 23.9. The third kappa shape index (κ3) is 2.81. The molecule has 0 radical (unpaired) electrons. The van der Waals surface area contributed by atoms with Gasteiger partial charge in [0.2, 0.25) is 0 Å². The first kappa shape index (κ1) is 16.5. The molecule has 3 unspecified atom stereocenters. The Hall–Kier alpha value is -1.99. The van der Waals surface area contributed by atoms with E-state index < -0.39 is 0 Å². The number of aromatic nitrogens is 5. The van der Waals surface area contributed by atoms with Gasteiger partial charge < -0.3 is 14.4 Å². The quantitative estimate of drug-likeness (QED) is 0.696. The maximum atomic E-state index is 10.1. The Labute approximate surface area is 146 Å². The standard InChI is InChI=1S/C18H25N5O2/c1-3-7-25-11-22-6-5-15-18(22)19-10-16-20-21-17(23(15)16)14-9-13(24)8-12(14)4-2/h5-6,10,12-14,24H,3-4,7-9,11H2,1-2H3. The number of rotatable bonds is 6. The first-order valence-corrected chi connectivity index (χ1v) is 9.17. The zero-order valence-corrected chi connectivity index (χ0v) is 14.8. The fraction of sp³-hybridized carbons (Fsp3) is 0.611. The Morgan fingerprint density at radius 1 is 1.28 bits per heavy atom. The molecule has 3 aromatic heterocycles. The molecule has 1 saturated carbocycles. The Bertz CT molecular complexity index is 871. The minimum atomic E-state index is -0.244. The van der Waals surface area contributed by atoms with Gasteiger partial charge in [0, 0.05) is 18.7 Å². The van der Waals surface area contributed by atoms with E-state index in [9.17, 15) is 5.11 Å². The van der Waals surface area contributed by atoms with Crippen LogP contribution in [0.1, 0.15) is 51.3 Å². The highest BCUT2D eigenvalue weighted by atomic mass is 16.5. The van der Waals surface area contributed by atoms with Crippen molar-refractivity contribution in [2.45, 2.75) is 58.3 Å². The lowest BCUT2D eigenvalue weighted by Gasteiger charge is -2.16. The Kier molecular flexibility index (Phi) is 4.43. The Morgan fingerprint density at radius 3 is 2.96 bits per heavy atom. The zero-order valence-electron chi connectivity index (χ0n) is 14.8. The molecule has 25 heavy (non-hydrogen) atoms. The first-order valence-electron chi connectivity index (χ1n) is 9.17. The summed E-state index contributed by atoms with van der Waals surface area (Å²) in [5.41, 5.74) is 2.62. The van der Waals surface area contributed by atoms with Gasteiger partial charge in [-0.1, -0.05) is 20.3 Å². The number of ether oxygens (including phenoxy) is 1. The molecule has 4 rings (SSSR count). The second kappa shape index (κ2) is 6.72. The van der Waals surface area contributed by atoms with Crippen LogP contribution in [0.2, 0.25) is 0 Å². The van der Waals surface area contributed by atoms with Crippen LogP contribution in [0.3, 0.4) is 0 Å². The van der Waals surface area contributed by atoms with Crippen LogP contribution in [0.5, 0.6) is 0 Å². The predicted octanol–water partition coefficient (Wildman–Crippen LogP) is 2.73. The molecule has 7 nitrogen and oxygen atoms in total. The summed E-state index contributed by atoms with van der Waals surface area (Å²) in [5.74, 6) is 1.62. The molecular formula is C18H25N5O2. The maximum absolute atomic E-state index is 10.1. The summed E-state index contributed by atoms with van der Waals surface area (Å²) in [4.78, 5) is 4.55. The van der Waals surface area contributed by atoms with Crippen LogP contribution < -0.4 is 0 Å². The van der Waals surface area contributed by atoms with Gasteiger partial charge in [0.25, 0.3) is 0 Å². The van der Waals surface area contributed by atoms with Crippen molar-refractivity contribution in [1.29, 1.82) is 0 Å². The van der Waals surface area contributed by atoms with E-state index in [0.29, 0.717) is 12.6 Å². The van der Waals surface area contributed by atoms with Crippen molar-refractivity contribution in [2.75, 3.05) is 6.61 Å². The second-order valence-corrected chi connectivity index (χ2v) is 6.94. The van der Waals surface area contributed by atoms with Gasteiger partial charge in [0.1, 0.15) is 12.6 Å². The summed E-state index contributed by atoms with van der Waals surface area (Å²) in [5, 5.41) is 18.9.